The number of methoxy groups -OCH3 is 1. The second kappa shape index (κ2) is 9.00. The van der Waals surface area contributed by atoms with E-state index < -0.39 is 0 Å². The van der Waals surface area contributed by atoms with Crippen molar-refractivity contribution in [2.45, 2.75) is 26.7 Å². The first-order valence-electron chi connectivity index (χ1n) is 9.88. The summed E-state index contributed by atoms with van der Waals surface area (Å²) >= 11 is 0. The smallest absolute Gasteiger partial charge is 0.260 e. The van der Waals surface area contributed by atoms with Crippen molar-refractivity contribution >= 4 is 11.6 Å². The van der Waals surface area contributed by atoms with E-state index in [0.29, 0.717) is 19.0 Å². The quantitative estimate of drug-likeness (QED) is 0.761. The van der Waals surface area contributed by atoms with Gasteiger partial charge in [0.2, 0.25) is 0 Å². The minimum Gasteiger partial charge on any atom is -0.495 e. The van der Waals surface area contributed by atoms with Crippen LogP contribution in [0.3, 0.4) is 0 Å². The second-order valence-electron chi connectivity index (χ2n) is 7.51. The molecule has 1 amide bonds. The molecule has 1 aliphatic rings. The predicted molar refractivity (Wildman–Crippen MR) is 113 cm³/mol. The first-order valence-corrected chi connectivity index (χ1v) is 9.88. The minimum atomic E-state index is 0.0361. The van der Waals surface area contributed by atoms with E-state index in [4.69, 9.17) is 9.47 Å². The number of carbonyl (C=O) groups excluding carboxylic acids is 1. The van der Waals surface area contributed by atoms with E-state index in [1.54, 1.807) is 7.11 Å². The van der Waals surface area contributed by atoms with Gasteiger partial charge in [0.15, 0.2) is 6.61 Å². The molecule has 150 valence electrons. The number of hydrogen-bond acceptors (Lipinski definition) is 4. The summed E-state index contributed by atoms with van der Waals surface area (Å²) in [7, 11) is 1.69. The first kappa shape index (κ1) is 20.1. The number of amides is 1. The highest BCUT2D eigenvalue weighted by atomic mass is 16.5. The molecule has 0 radical (unpaired) electrons. The molecule has 0 N–H and O–H groups in total. The third kappa shape index (κ3) is 4.58. The molecule has 2 aromatic rings. The largest absolute Gasteiger partial charge is 0.495 e. The van der Waals surface area contributed by atoms with Crippen LogP contribution in [0.1, 0.15) is 30.9 Å². The van der Waals surface area contributed by atoms with Crippen molar-refractivity contribution in [2.24, 2.45) is 0 Å². The second-order valence-corrected chi connectivity index (χ2v) is 7.51. The van der Waals surface area contributed by atoms with E-state index in [1.807, 2.05) is 36.1 Å². The minimum absolute atomic E-state index is 0.0361. The van der Waals surface area contributed by atoms with Crippen molar-refractivity contribution < 1.29 is 14.3 Å². The maximum atomic E-state index is 12.6. The van der Waals surface area contributed by atoms with Gasteiger partial charge in [-0.3, -0.25) is 4.79 Å². The molecule has 1 aliphatic heterocycles. The zero-order valence-electron chi connectivity index (χ0n) is 17.3. The van der Waals surface area contributed by atoms with Crippen molar-refractivity contribution in [3.63, 3.8) is 0 Å². The number of ether oxygens (including phenoxy) is 2. The Balaban J connectivity index is 1.55. The summed E-state index contributed by atoms with van der Waals surface area (Å²) in [6.45, 7) is 9.34. The highest BCUT2D eigenvalue weighted by Crippen LogP contribution is 2.28. The van der Waals surface area contributed by atoms with Crippen molar-refractivity contribution in [1.82, 2.24) is 4.90 Å². The highest BCUT2D eigenvalue weighted by molar-refractivity contribution is 5.78. The van der Waals surface area contributed by atoms with Crippen LogP contribution in [0, 0.1) is 6.92 Å². The fourth-order valence-electron chi connectivity index (χ4n) is 3.45. The SMILES string of the molecule is COc1ccccc1N1CCN(C(=O)COc2cc(C(C)C)ccc2C)CC1. The zero-order chi connectivity index (χ0) is 20.1. The number of carbonyl (C=O) groups is 1. The van der Waals surface area contributed by atoms with Crippen LogP contribution in [0.25, 0.3) is 0 Å². The Morgan fingerprint density at radius 3 is 2.43 bits per heavy atom. The summed E-state index contributed by atoms with van der Waals surface area (Å²) in [6, 6.07) is 14.2. The molecule has 0 aliphatic carbocycles. The topological polar surface area (TPSA) is 42.0 Å². The summed E-state index contributed by atoms with van der Waals surface area (Å²) in [6.07, 6.45) is 0. The number of aryl methyl sites for hydroxylation is 1. The Bertz CT molecular complexity index is 811. The van der Waals surface area contributed by atoms with Gasteiger partial charge in [-0.25, -0.2) is 0 Å². The number of hydrogen-bond donors (Lipinski definition) is 0. The molecular formula is C23H30N2O3. The Labute approximate surface area is 167 Å². The van der Waals surface area contributed by atoms with E-state index >= 15 is 0 Å². The van der Waals surface area contributed by atoms with Gasteiger partial charge < -0.3 is 19.3 Å². The first-order chi connectivity index (χ1) is 13.5. The molecule has 2 aromatic carbocycles. The predicted octanol–water partition coefficient (Wildman–Crippen LogP) is 3.85. The Hall–Kier alpha value is -2.69. The molecule has 1 heterocycles. The lowest BCUT2D eigenvalue weighted by Gasteiger charge is -2.36. The molecule has 1 fully saturated rings. The van der Waals surface area contributed by atoms with Crippen LogP contribution in [0.4, 0.5) is 5.69 Å². The highest BCUT2D eigenvalue weighted by Gasteiger charge is 2.23. The van der Waals surface area contributed by atoms with Crippen molar-refractivity contribution in [2.75, 3.05) is 44.8 Å². The number of benzene rings is 2. The van der Waals surface area contributed by atoms with Crippen LogP contribution in [0.2, 0.25) is 0 Å². The van der Waals surface area contributed by atoms with Crippen molar-refractivity contribution in [3.8, 4) is 11.5 Å². The van der Waals surface area contributed by atoms with Crippen LogP contribution >= 0.6 is 0 Å². The monoisotopic (exact) mass is 382 g/mol. The van der Waals surface area contributed by atoms with Gasteiger partial charge in [-0.15, -0.1) is 0 Å². The van der Waals surface area contributed by atoms with E-state index in [-0.39, 0.29) is 12.5 Å². The molecule has 1 saturated heterocycles. The molecule has 5 nitrogen and oxygen atoms in total. The van der Waals surface area contributed by atoms with Crippen LogP contribution in [0.5, 0.6) is 11.5 Å². The normalized spacial score (nSPS) is 14.3. The van der Waals surface area contributed by atoms with Crippen LogP contribution in [0.15, 0.2) is 42.5 Å². The maximum absolute atomic E-state index is 12.6. The molecule has 0 spiro atoms. The Morgan fingerprint density at radius 2 is 1.75 bits per heavy atom. The van der Waals surface area contributed by atoms with E-state index in [9.17, 15) is 4.79 Å². The molecule has 5 heteroatoms. The van der Waals surface area contributed by atoms with Gasteiger partial charge in [0, 0.05) is 26.2 Å². The standard InChI is InChI=1S/C23H30N2O3/c1-17(2)19-10-9-18(3)22(15-19)28-16-23(26)25-13-11-24(12-14-25)20-7-5-6-8-21(20)27-4/h5-10,15,17H,11-14,16H2,1-4H3. The summed E-state index contributed by atoms with van der Waals surface area (Å²) in [5, 5.41) is 0. The number of rotatable bonds is 6. The Morgan fingerprint density at radius 1 is 1.04 bits per heavy atom. The average Bonchev–Trinajstić information content (AvgIpc) is 2.72. The molecule has 3 rings (SSSR count). The van der Waals surface area contributed by atoms with Gasteiger partial charge >= 0.3 is 0 Å². The molecule has 0 atom stereocenters. The fraction of sp³-hybridized carbons (Fsp3) is 0.435. The number of piperazine rings is 1. The molecule has 0 unspecified atom stereocenters. The molecule has 0 saturated carbocycles. The summed E-state index contributed by atoms with van der Waals surface area (Å²) < 4.78 is 11.3. The summed E-state index contributed by atoms with van der Waals surface area (Å²) in [4.78, 5) is 16.8. The Kier molecular flexibility index (Phi) is 6.45. The number of nitrogens with zero attached hydrogens (tertiary/aromatic N) is 2. The van der Waals surface area contributed by atoms with Crippen molar-refractivity contribution in [1.29, 1.82) is 0 Å². The van der Waals surface area contributed by atoms with Crippen LogP contribution in [-0.2, 0) is 4.79 Å². The summed E-state index contributed by atoms with van der Waals surface area (Å²) in [5.74, 6) is 2.13. The van der Waals surface area contributed by atoms with Gasteiger partial charge in [0.25, 0.3) is 5.91 Å². The van der Waals surface area contributed by atoms with Gasteiger partial charge in [0.1, 0.15) is 11.5 Å². The zero-order valence-corrected chi connectivity index (χ0v) is 17.3. The van der Waals surface area contributed by atoms with Crippen molar-refractivity contribution in [3.05, 3.63) is 53.6 Å². The number of anilines is 1. The van der Waals surface area contributed by atoms with E-state index in [0.717, 1.165) is 35.8 Å². The summed E-state index contributed by atoms with van der Waals surface area (Å²) in [5.41, 5.74) is 3.35. The third-order valence-corrected chi connectivity index (χ3v) is 5.29. The lowest BCUT2D eigenvalue weighted by atomic mass is 10.0. The fourth-order valence-corrected chi connectivity index (χ4v) is 3.45. The van der Waals surface area contributed by atoms with E-state index in [2.05, 4.69) is 36.9 Å². The lowest BCUT2D eigenvalue weighted by molar-refractivity contribution is -0.133. The van der Waals surface area contributed by atoms with E-state index in [1.165, 1.54) is 5.56 Å². The molecule has 0 aromatic heterocycles. The molecule has 28 heavy (non-hydrogen) atoms. The van der Waals surface area contributed by atoms with Crippen LogP contribution in [-0.4, -0.2) is 50.7 Å². The van der Waals surface area contributed by atoms with Gasteiger partial charge in [-0.1, -0.05) is 38.1 Å². The maximum Gasteiger partial charge on any atom is 0.260 e. The van der Waals surface area contributed by atoms with Gasteiger partial charge in [-0.2, -0.15) is 0 Å². The lowest BCUT2D eigenvalue weighted by Crippen LogP contribution is -2.50. The molecule has 0 bridgehead atoms. The van der Waals surface area contributed by atoms with Crippen LogP contribution < -0.4 is 14.4 Å². The average molecular weight is 383 g/mol. The number of para-hydroxylation sites is 2. The van der Waals surface area contributed by atoms with Gasteiger partial charge in [-0.05, 0) is 42.2 Å². The van der Waals surface area contributed by atoms with Gasteiger partial charge in [0.05, 0.1) is 12.8 Å². The molecular weight excluding hydrogens is 352 g/mol. The third-order valence-electron chi connectivity index (χ3n) is 5.29.